The van der Waals surface area contributed by atoms with Crippen LogP contribution in [-0.4, -0.2) is 42.1 Å². The fourth-order valence-electron chi connectivity index (χ4n) is 3.69. The number of anilines is 1. The molecule has 148 valence electrons. The highest BCUT2D eigenvalue weighted by molar-refractivity contribution is 5.90. The van der Waals surface area contributed by atoms with Crippen LogP contribution in [0.5, 0.6) is 0 Å². The van der Waals surface area contributed by atoms with Gasteiger partial charge in [-0.1, -0.05) is 0 Å². The van der Waals surface area contributed by atoms with Crippen LogP contribution in [0.3, 0.4) is 0 Å². The molecule has 1 aliphatic rings. The Kier molecular flexibility index (Phi) is 6.09. The van der Waals surface area contributed by atoms with Gasteiger partial charge in [-0.25, -0.2) is 9.18 Å². The molecule has 1 atom stereocenters. The Morgan fingerprint density at radius 1 is 1.29 bits per heavy atom. The number of aryl methyl sites for hydroxylation is 2. The van der Waals surface area contributed by atoms with Crippen molar-refractivity contribution < 1.29 is 19.4 Å². The number of hydrogen-bond acceptors (Lipinski definition) is 4. The molecule has 2 N–H and O–H groups in total. The van der Waals surface area contributed by atoms with Crippen molar-refractivity contribution in [1.82, 2.24) is 0 Å². The molecule has 6 heteroatoms. The third kappa shape index (κ3) is 4.39. The van der Waals surface area contributed by atoms with Crippen molar-refractivity contribution in [3.63, 3.8) is 0 Å². The van der Waals surface area contributed by atoms with Gasteiger partial charge in [-0.15, -0.1) is 0 Å². The topological polar surface area (TPSA) is 73.1 Å². The van der Waals surface area contributed by atoms with Crippen LogP contribution in [0.1, 0.15) is 39.9 Å². The molecule has 5 nitrogen and oxygen atoms in total. The first-order valence-corrected chi connectivity index (χ1v) is 9.43. The van der Waals surface area contributed by atoms with Gasteiger partial charge < -0.3 is 15.1 Å². The van der Waals surface area contributed by atoms with Gasteiger partial charge in [-0.3, -0.25) is 4.99 Å². The molecule has 1 unspecified atom stereocenters. The maximum absolute atomic E-state index is 14.3. The number of hydrogen-bond donors (Lipinski definition) is 2. The standard InChI is InChI=1S/C22H25FN2O3/c1-14-8-17(22(27)28)9-15(2)21(14)24-11-18-10-19(5-6-20(18)23)25-7-3-4-16(12-25)13-26/h5-6,8-11,16,26H,3-4,7,12-13H2,1-2H3,(H,27,28). The van der Waals surface area contributed by atoms with Crippen LogP contribution in [0.25, 0.3) is 0 Å². The second kappa shape index (κ2) is 8.52. The summed E-state index contributed by atoms with van der Waals surface area (Å²) in [5, 5.41) is 18.6. The Morgan fingerprint density at radius 3 is 2.64 bits per heavy atom. The van der Waals surface area contributed by atoms with Crippen molar-refractivity contribution >= 4 is 23.6 Å². The van der Waals surface area contributed by atoms with Crippen LogP contribution >= 0.6 is 0 Å². The molecule has 0 aliphatic carbocycles. The van der Waals surface area contributed by atoms with Gasteiger partial charge in [-0.05, 0) is 74.1 Å². The van der Waals surface area contributed by atoms with Crippen molar-refractivity contribution in [3.05, 3.63) is 58.4 Å². The summed E-state index contributed by atoms with van der Waals surface area (Å²) in [5.41, 5.74) is 3.61. The van der Waals surface area contributed by atoms with Crippen molar-refractivity contribution in [3.8, 4) is 0 Å². The third-order valence-corrected chi connectivity index (χ3v) is 5.19. The van der Waals surface area contributed by atoms with E-state index in [1.807, 2.05) is 0 Å². The number of carbonyl (C=O) groups is 1. The Morgan fingerprint density at radius 2 is 2.00 bits per heavy atom. The molecule has 2 aromatic rings. The van der Waals surface area contributed by atoms with Crippen LogP contribution in [-0.2, 0) is 0 Å². The van der Waals surface area contributed by atoms with Gasteiger partial charge in [0.2, 0.25) is 0 Å². The largest absolute Gasteiger partial charge is 0.478 e. The summed E-state index contributed by atoms with van der Waals surface area (Å²) in [6.45, 7) is 5.39. The first-order valence-electron chi connectivity index (χ1n) is 9.43. The average Bonchev–Trinajstić information content (AvgIpc) is 2.68. The molecular weight excluding hydrogens is 359 g/mol. The minimum Gasteiger partial charge on any atom is -0.478 e. The number of carboxylic acids is 1. The van der Waals surface area contributed by atoms with Gasteiger partial charge >= 0.3 is 5.97 Å². The molecule has 0 aromatic heterocycles. The van der Waals surface area contributed by atoms with Gasteiger partial charge in [0.25, 0.3) is 0 Å². The number of piperidine rings is 1. The van der Waals surface area contributed by atoms with Crippen LogP contribution in [0.2, 0.25) is 0 Å². The third-order valence-electron chi connectivity index (χ3n) is 5.19. The summed E-state index contributed by atoms with van der Waals surface area (Å²) in [6, 6.07) is 8.10. The zero-order valence-electron chi connectivity index (χ0n) is 16.2. The first-order chi connectivity index (χ1) is 13.4. The minimum absolute atomic E-state index is 0.164. The highest BCUT2D eigenvalue weighted by Crippen LogP contribution is 2.27. The highest BCUT2D eigenvalue weighted by Gasteiger charge is 2.20. The van der Waals surface area contributed by atoms with Crippen molar-refractivity contribution in [1.29, 1.82) is 0 Å². The number of carboxylic acid groups (broad SMARTS) is 1. The lowest BCUT2D eigenvalue weighted by Crippen LogP contribution is -2.36. The lowest BCUT2D eigenvalue weighted by Gasteiger charge is -2.33. The van der Waals surface area contributed by atoms with E-state index in [0.29, 0.717) is 11.3 Å². The van der Waals surface area contributed by atoms with Crippen molar-refractivity contribution in [2.75, 3.05) is 24.6 Å². The number of benzene rings is 2. The van der Waals surface area contributed by atoms with E-state index in [0.717, 1.165) is 42.7 Å². The molecule has 0 bridgehead atoms. The van der Waals surface area contributed by atoms with Gasteiger partial charge in [0.05, 0.1) is 11.3 Å². The fourth-order valence-corrected chi connectivity index (χ4v) is 3.69. The smallest absolute Gasteiger partial charge is 0.335 e. The number of aliphatic imine (C=N–C) groups is 1. The van der Waals surface area contributed by atoms with E-state index in [9.17, 15) is 14.3 Å². The minimum atomic E-state index is -0.983. The monoisotopic (exact) mass is 384 g/mol. The summed E-state index contributed by atoms with van der Waals surface area (Å²) in [6.07, 6.45) is 3.50. The fraction of sp³-hybridized carbons (Fsp3) is 0.364. The van der Waals surface area contributed by atoms with Crippen LogP contribution < -0.4 is 4.90 Å². The van der Waals surface area contributed by atoms with E-state index in [-0.39, 0.29) is 23.9 Å². The van der Waals surface area contributed by atoms with Crippen molar-refractivity contribution in [2.45, 2.75) is 26.7 Å². The molecule has 1 saturated heterocycles. The zero-order chi connectivity index (χ0) is 20.3. The molecule has 3 rings (SSSR count). The maximum Gasteiger partial charge on any atom is 0.335 e. The average molecular weight is 384 g/mol. The van der Waals surface area contributed by atoms with Gasteiger partial charge in [0.15, 0.2) is 0 Å². The predicted octanol–water partition coefficient (Wildman–Crippen LogP) is 4.10. The van der Waals surface area contributed by atoms with Gasteiger partial charge in [0, 0.05) is 37.2 Å². The van der Waals surface area contributed by atoms with E-state index < -0.39 is 5.97 Å². The van der Waals surface area contributed by atoms with E-state index in [2.05, 4.69) is 9.89 Å². The summed E-state index contributed by atoms with van der Waals surface area (Å²) in [5.74, 6) is -1.10. The normalized spacial score (nSPS) is 17.3. The van der Waals surface area contributed by atoms with Crippen LogP contribution in [0, 0.1) is 25.6 Å². The van der Waals surface area contributed by atoms with Gasteiger partial charge in [0.1, 0.15) is 5.82 Å². The number of nitrogens with zero attached hydrogens (tertiary/aromatic N) is 2. The van der Waals surface area contributed by atoms with E-state index in [4.69, 9.17) is 5.11 Å². The first kappa shape index (κ1) is 20.0. The second-order valence-corrected chi connectivity index (χ2v) is 7.36. The summed E-state index contributed by atoms with van der Waals surface area (Å²) >= 11 is 0. The van der Waals surface area contributed by atoms with E-state index in [1.54, 1.807) is 38.1 Å². The molecule has 2 aromatic carbocycles. The molecule has 0 radical (unpaired) electrons. The van der Waals surface area contributed by atoms with Gasteiger partial charge in [-0.2, -0.15) is 0 Å². The second-order valence-electron chi connectivity index (χ2n) is 7.36. The maximum atomic E-state index is 14.3. The molecule has 0 spiro atoms. The number of aromatic carboxylic acids is 1. The number of halogens is 1. The Labute approximate surface area is 164 Å². The highest BCUT2D eigenvalue weighted by atomic mass is 19.1. The molecular formula is C22H25FN2O3. The van der Waals surface area contributed by atoms with Crippen LogP contribution in [0.15, 0.2) is 35.3 Å². The summed E-state index contributed by atoms with van der Waals surface area (Å²) in [4.78, 5) is 17.8. The molecule has 0 saturated carbocycles. The van der Waals surface area contributed by atoms with Crippen molar-refractivity contribution in [2.24, 2.45) is 10.9 Å². The Hall–Kier alpha value is -2.73. The molecule has 1 fully saturated rings. The molecule has 0 amide bonds. The molecule has 28 heavy (non-hydrogen) atoms. The SMILES string of the molecule is Cc1cc(C(=O)O)cc(C)c1N=Cc1cc(N2CCCC(CO)C2)ccc1F. The number of aliphatic hydroxyl groups is 1. The van der Waals surface area contributed by atoms with E-state index >= 15 is 0 Å². The number of rotatable bonds is 5. The summed E-state index contributed by atoms with van der Waals surface area (Å²) < 4.78 is 14.3. The lowest BCUT2D eigenvalue weighted by atomic mass is 9.98. The summed E-state index contributed by atoms with van der Waals surface area (Å²) in [7, 11) is 0. The van der Waals surface area contributed by atoms with E-state index in [1.165, 1.54) is 12.3 Å². The zero-order valence-corrected chi connectivity index (χ0v) is 16.2. The Bertz CT molecular complexity index is 888. The lowest BCUT2D eigenvalue weighted by molar-refractivity contribution is 0.0696. The molecule has 1 heterocycles. The quantitative estimate of drug-likeness (QED) is 0.761. The number of aliphatic hydroxyl groups excluding tert-OH is 1. The Balaban J connectivity index is 1.87. The molecule has 1 aliphatic heterocycles. The van der Waals surface area contributed by atoms with Crippen LogP contribution in [0.4, 0.5) is 15.8 Å². The predicted molar refractivity (Wildman–Crippen MR) is 109 cm³/mol.